The van der Waals surface area contributed by atoms with Crippen LogP contribution < -0.4 is 10.6 Å². The highest BCUT2D eigenvalue weighted by Gasteiger charge is 2.48. The van der Waals surface area contributed by atoms with Crippen LogP contribution in [0.4, 0.5) is 0 Å². The van der Waals surface area contributed by atoms with Gasteiger partial charge in [-0.3, -0.25) is 9.59 Å². The van der Waals surface area contributed by atoms with Gasteiger partial charge in [0.15, 0.2) is 0 Å². The molecule has 0 aromatic rings. The van der Waals surface area contributed by atoms with Gasteiger partial charge in [-0.05, 0) is 13.3 Å². The number of hydrogen-bond donors (Lipinski definition) is 2. The predicted octanol–water partition coefficient (Wildman–Crippen LogP) is 1.75. The standard InChI is InChI=1S/C14H21Cl3N2O4/c1-4-5-13(2,23-3)11(19-12(22)14(15,16)17)10-8(7-20)6-9(21)18-10/h7-8,10-11H,4-6H2,1-3H3,(H,18,21)(H,19,22)/t8-,10+,11+,13-/m0/s1. The van der Waals surface area contributed by atoms with Gasteiger partial charge in [-0.25, -0.2) is 0 Å². The number of methoxy groups -OCH3 is 1. The lowest BCUT2D eigenvalue weighted by molar-refractivity contribution is -0.126. The topological polar surface area (TPSA) is 84.5 Å². The molecule has 132 valence electrons. The van der Waals surface area contributed by atoms with Gasteiger partial charge in [-0.2, -0.15) is 0 Å². The van der Waals surface area contributed by atoms with E-state index in [-0.39, 0.29) is 12.3 Å². The zero-order valence-electron chi connectivity index (χ0n) is 13.2. The first-order valence-electron chi connectivity index (χ1n) is 7.26. The maximum absolute atomic E-state index is 12.1. The quantitative estimate of drug-likeness (QED) is 0.515. The van der Waals surface area contributed by atoms with Crippen molar-refractivity contribution in [1.82, 2.24) is 10.6 Å². The minimum atomic E-state index is -2.15. The number of nitrogens with one attached hydrogen (secondary N) is 2. The molecule has 0 aromatic carbocycles. The Morgan fingerprint density at radius 2 is 2.13 bits per heavy atom. The summed E-state index contributed by atoms with van der Waals surface area (Å²) >= 11 is 16.9. The van der Waals surface area contributed by atoms with Crippen LogP contribution in [-0.2, 0) is 19.1 Å². The maximum Gasteiger partial charge on any atom is 0.272 e. The van der Waals surface area contributed by atoms with E-state index in [1.54, 1.807) is 6.92 Å². The zero-order valence-corrected chi connectivity index (χ0v) is 15.5. The first-order valence-corrected chi connectivity index (χ1v) is 8.40. The average Bonchev–Trinajstić information content (AvgIpc) is 2.84. The summed E-state index contributed by atoms with van der Waals surface area (Å²) in [5.74, 6) is -1.69. The van der Waals surface area contributed by atoms with Crippen molar-refractivity contribution in [3.05, 3.63) is 0 Å². The molecule has 1 saturated heterocycles. The Morgan fingerprint density at radius 3 is 2.57 bits per heavy atom. The molecule has 0 bridgehead atoms. The average molecular weight is 388 g/mol. The highest BCUT2D eigenvalue weighted by Crippen LogP contribution is 2.32. The molecule has 23 heavy (non-hydrogen) atoms. The zero-order chi connectivity index (χ0) is 17.8. The summed E-state index contributed by atoms with van der Waals surface area (Å²) in [6.07, 6.45) is 2.09. The van der Waals surface area contributed by atoms with Gasteiger partial charge in [-0.15, -0.1) is 0 Å². The fraction of sp³-hybridized carbons (Fsp3) is 0.786. The second-order valence-corrected chi connectivity index (χ2v) is 8.09. The molecule has 0 aliphatic carbocycles. The van der Waals surface area contributed by atoms with Gasteiger partial charge in [0.25, 0.3) is 9.70 Å². The van der Waals surface area contributed by atoms with Gasteiger partial charge in [-0.1, -0.05) is 48.1 Å². The minimum Gasteiger partial charge on any atom is -0.376 e. The molecule has 1 fully saturated rings. The third-order valence-electron chi connectivity index (χ3n) is 4.16. The second-order valence-electron chi connectivity index (χ2n) is 5.81. The molecule has 1 rings (SSSR count). The fourth-order valence-corrected chi connectivity index (χ4v) is 3.05. The van der Waals surface area contributed by atoms with E-state index < -0.39 is 33.3 Å². The highest BCUT2D eigenvalue weighted by molar-refractivity contribution is 6.76. The van der Waals surface area contributed by atoms with Crippen molar-refractivity contribution in [2.75, 3.05) is 7.11 Å². The summed E-state index contributed by atoms with van der Waals surface area (Å²) in [7, 11) is 1.50. The van der Waals surface area contributed by atoms with Crippen molar-refractivity contribution in [2.45, 2.75) is 54.6 Å². The van der Waals surface area contributed by atoms with Crippen LogP contribution in [0.5, 0.6) is 0 Å². The molecule has 1 aliphatic rings. The molecule has 4 atom stereocenters. The van der Waals surface area contributed by atoms with Crippen LogP contribution in [-0.4, -0.2) is 46.7 Å². The molecule has 0 aromatic heterocycles. The molecule has 0 unspecified atom stereocenters. The highest BCUT2D eigenvalue weighted by atomic mass is 35.6. The van der Waals surface area contributed by atoms with Crippen LogP contribution in [0.3, 0.4) is 0 Å². The number of ether oxygens (including phenoxy) is 1. The Kier molecular flexibility index (Phi) is 7.13. The van der Waals surface area contributed by atoms with E-state index >= 15 is 0 Å². The van der Waals surface area contributed by atoms with Crippen LogP contribution in [0.25, 0.3) is 0 Å². The van der Waals surface area contributed by atoms with Gasteiger partial charge >= 0.3 is 0 Å². The number of carbonyl (C=O) groups excluding carboxylic acids is 3. The molecule has 0 saturated carbocycles. The molecule has 0 spiro atoms. The van der Waals surface area contributed by atoms with Gasteiger partial charge in [0.2, 0.25) is 5.91 Å². The van der Waals surface area contributed by atoms with Crippen molar-refractivity contribution in [3.8, 4) is 0 Å². The molecule has 2 amide bonds. The Hall–Kier alpha value is -0.560. The van der Waals surface area contributed by atoms with Crippen molar-refractivity contribution >= 4 is 52.9 Å². The number of aldehydes is 1. The van der Waals surface area contributed by atoms with Crippen molar-refractivity contribution in [1.29, 1.82) is 0 Å². The first kappa shape index (κ1) is 20.5. The van der Waals surface area contributed by atoms with Crippen LogP contribution in [0, 0.1) is 5.92 Å². The van der Waals surface area contributed by atoms with Gasteiger partial charge in [0, 0.05) is 19.4 Å². The lowest BCUT2D eigenvalue weighted by Crippen LogP contribution is -2.63. The lowest BCUT2D eigenvalue weighted by Gasteiger charge is -2.41. The maximum atomic E-state index is 12.1. The lowest BCUT2D eigenvalue weighted by atomic mass is 9.82. The fourth-order valence-electron chi connectivity index (χ4n) is 2.88. The van der Waals surface area contributed by atoms with Crippen molar-refractivity contribution in [2.24, 2.45) is 5.92 Å². The summed E-state index contributed by atoms with van der Waals surface area (Å²) in [6.45, 7) is 3.74. The second kappa shape index (κ2) is 8.01. The molecular formula is C14H21Cl3N2O4. The molecule has 2 N–H and O–H groups in total. The van der Waals surface area contributed by atoms with Gasteiger partial charge in [0.1, 0.15) is 6.29 Å². The summed E-state index contributed by atoms with van der Waals surface area (Å²) in [6, 6.07) is -1.36. The van der Waals surface area contributed by atoms with Crippen LogP contribution >= 0.6 is 34.8 Å². The van der Waals surface area contributed by atoms with E-state index in [1.165, 1.54) is 7.11 Å². The SMILES string of the molecule is CCC[C@](C)(OC)[C@H](NC(=O)C(Cl)(Cl)Cl)[C@@H]1NC(=O)C[C@H]1C=O. The molecule has 1 aliphatic heterocycles. The minimum absolute atomic E-state index is 0.0558. The summed E-state index contributed by atoms with van der Waals surface area (Å²) in [5.41, 5.74) is -0.843. The first-order chi connectivity index (χ1) is 10.6. The van der Waals surface area contributed by atoms with Crippen molar-refractivity contribution < 1.29 is 19.1 Å². The van der Waals surface area contributed by atoms with Gasteiger partial charge < -0.3 is 20.2 Å². The van der Waals surface area contributed by atoms with E-state index in [1.807, 2.05) is 6.92 Å². The van der Waals surface area contributed by atoms with Crippen LogP contribution in [0.1, 0.15) is 33.1 Å². The van der Waals surface area contributed by atoms with E-state index in [0.29, 0.717) is 12.7 Å². The van der Waals surface area contributed by atoms with Gasteiger partial charge in [0.05, 0.1) is 17.7 Å². The number of alkyl halides is 3. The third kappa shape index (κ3) is 4.95. The van der Waals surface area contributed by atoms with E-state index in [9.17, 15) is 14.4 Å². The third-order valence-corrected chi connectivity index (χ3v) is 4.67. The Labute approximate surface area is 150 Å². The summed E-state index contributed by atoms with van der Waals surface area (Å²) < 4.78 is 3.43. The number of rotatable bonds is 7. The molecule has 9 heteroatoms. The van der Waals surface area contributed by atoms with E-state index in [0.717, 1.165) is 6.42 Å². The number of halogens is 3. The molecule has 6 nitrogen and oxygen atoms in total. The Balaban J connectivity index is 3.17. The van der Waals surface area contributed by atoms with Crippen LogP contribution in [0.2, 0.25) is 0 Å². The van der Waals surface area contributed by atoms with E-state index in [4.69, 9.17) is 39.5 Å². The number of hydrogen-bond acceptors (Lipinski definition) is 4. The smallest absolute Gasteiger partial charge is 0.272 e. The summed E-state index contributed by atoms with van der Waals surface area (Å²) in [5, 5.41) is 5.34. The Bertz CT molecular complexity index is 469. The summed E-state index contributed by atoms with van der Waals surface area (Å²) in [4.78, 5) is 35.1. The molecular weight excluding hydrogens is 367 g/mol. The molecule has 0 radical (unpaired) electrons. The Morgan fingerprint density at radius 1 is 1.52 bits per heavy atom. The monoisotopic (exact) mass is 386 g/mol. The number of carbonyl (C=O) groups is 3. The van der Waals surface area contributed by atoms with E-state index in [2.05, 4.69) is 10.6 Å². The van der Waals surface area contributed by atoms with Crippen LogP contribution in [0.15, 0.2) is 0 Å². The van der Waals surface area contributed by atoms with Crippen molar-refractivity contribution in [3.63, 3.8) is 0 Å². The molecule has 1 heterocycles. The predicted molar refractivity (Wildman–Crippen MR) is 88.6 cm³/mol. The normalized spacial score (nSPS) is 25.4. The largest absolute Gasteiger partial charge is 0.376 e. The number of amides is 2.